The van der Waals surface area contributed by atoms with E-state index in [1.54, 1.807) is 0 Å². The molecule has 3 nitrogen and oxygen atoms in total. The van der Waals surface area contributed by atoms with E-state index in [2.05, 4.69) is 70.7 Å². The fraction of sp³-hybridized carbons (Fsp3) is 0.690. The topological polar surface area (TPSA) is 41.6 Å². The van der Waals surface area contributed by atoms with Gasteiger partial charge < -0.3 is 10.6 Å². The van der Waals surface area contributed by atoms with E-state index in [1.807, 2.05) is 0 Å². The second-order valence-electron chi connectivity index (χ2n) is 12.0. The molecular weight excluding hydrogens is 390 g/mol. The number of benzene rings is 1. The Morgan fingerprint density at radius 1 is 1.06 bits per heavy atom. The van der Waals surface area contributed by atoms with Gasteiger partial charge in [0, 0.05) is 17.8 Å². The minimum atomic E-state index is 0.232. The van der Waals surface area contributed by atoms with Crippen LogP contribution in [0.4, 0.5) is 0 Å². The van der Waals surface area contributed by atoms with E-state index in [0.717, 1.165) is 24.1 Å². The lowest BCUT2D eigenvalue weighted by Crippen LogP contribution is -2.37. The van der Waals surface area contributed by atoms with Gasteiger partial charge in [-0.3, -0.25) is 4.99 Å². The van der Waals surface area contributed by atoms with Gasteiger partial charge in [0.05, 0.1) is 5.70 Å². The highest BCUT2D eigenvalue weighted by Gasteiger charge is 2.38. The number of allylic oxidation sites excluding steroid dienone is 1. The number of nitrogens with two attached hydrogens (primary N) is 1. The van der Waals surface area contributed by atoms with Crippen LogP contribution in [0.3, 0.4) is 0 Å². The third-order valence-electron chi connectivity index (χ3n) is 8.76. The number of likely N-dealkylation sites (tertiary alicyclic amines) is 1. The molecular formula is C29H45N3. The van der Waals surface area contributed by atoms with Gasteiger partial charge in [-0.1, -0.05) is 45.9 Å². The quantitative estimate of drug-likeness (QED) is 0.543. The highest BCUT2D eigenvalue weighted by Crippen LogP contribution is 2.46. The predicted octanol–water partition coefficient (Wildman–Crippen LogP) is 6.16. The first-order valence-electron chi connectivity index (χ1n) is 12.9. The highest BCUT2D eigenvalue weighted by molar-refractivity contribution is 5.90. The van der Waals surface area contributed by atoms with Crippen molar-refractivity contribution in [2.75, 3.05) is 26.2 Å². The zero-order chi connectivity index (χ0) is 23.1. The van der Waals surface area contributed by atoms with Crippen molar-refractivity contribution in [3.63, 3.8) is 0 Å². The number of piperidine rings is 1. The van der Waals surface area contributed by atoms with Crippen molar-refractivity contribution in [3.8, 4) is 0 Å². The monoisotopic (exact) mass is 435 g/mol. The summed E-state index contributed by atoms with van der Waals surface area (Å²) in [6.45, 7) is 18.5. The molecule has 0 amide bonds. The molecule has 3 aliphatic rings. The fourth-order valence-corrected chi connectivity index (χ4v) is 6.01. The van der Waals surface area contributed by atoms with Crippen LogP contribution in [0.2, 0.25) is 0 Å². The zero-order valence-electron chi connectivity index (χ0n) is 21.4. The van der Waals surface area contributed by atoms with Gasteiger partial charge in [0.25, 0.3) is 0 Å². The minimum absolute atomic E-state index is 0.232. The van der Waals surface area contributed by atoms with Gasteiger partial charge in [-0.25, -0.2) is 0 Å². The number of rotatable bonds is 6. The van der Waals surface area contributed by atoms with Crippen LogP contribution in [0.1, 0.15) is 90.3 Å². The van der Waals surface area contributed by atoms with Crippen LogP contribution in [0.15, 0.2) is 29.3 Å². The molecule has 1 saturated carbocycles. The highest BCUT2D eigenvalue weighted by atomic mass is 15.1. The van der Waals surface area contributed by atoms with Crippen molar-refractivity contribution in [1.29, 1.82) is 0 Å². The summed E-state index contributed by atoms with van der Waals surface area (Å²) in [4.78, 5) is 7.85. The average molecular weight is 436 g/mol. The molecule has 1 aromatic rings. The Balaban J connectivity index is 1.45. The summed E-state index contributed by atoms with van der Waals surface area (Å²) < 4.78 is 0. The predicted molar refractivity (Wildman–Crippen MR) is 138 cm³/mol. The number of hydrogen-bond acceptors (Lipinski definition) is 3. The summed E-state index contributed by atoms with van der Waals surface area (Å²) in [5.41, 5.74) is 13.1. The summed E-state index contributed by atoms with van der Waals surface area (Å²) in [6.07, 6.45) is 8.51. The molecule has 1 aromatic carbocycles. The molecule has 32 heavy (non-hydrogen) atoms. The third kappa shape index (κ3) is 4.89. The summed E-state index contributed by atoms with van der Waals surface area (Å²) in [6, 6.07) is 7.12. The SMILES string of the molecule is C/C=C(\N=C(C)C1CCN(CC2CC2CN)CC1)c1ccc2c(c1)C(C)(C)CCC2(C)C. The fourth-order valence-electron chi connectivity index (χ4n) is 6.01. The Kier molecular flexibility index (Phi) is 6.71. The lowest BCUT2D eigenvalue weighted by molar-refractivity contribution is 0.199. The average Bonchev–Trinajstić information content (AvgIpc) is 3.53. The number of aliphatic imine (C=N–C) groups is 1. The van der Waals surface area contributed by atoms with Gasteiger partial charge in [0.15, 0.2) is 0 Å². The van der Waals surface area contributed by atoms with Crippen molar-refractivity contribution < 1.29 is 0 Å². The second kappa shape index (κ2) is 9.06. The summed E-state index contributed by atoms with van der Waals surface area (Å²) in [7, 11) is 0. The van der Waals surface area contributed by atoms with Crippen LogP contribution < -0.4 is 5.73 Å². The van der Waals surface area contributed by atoms with Crippen LogP contribution in [0.5, 0.6) is 0 Å². The molecule has 2 fully saturated rings. The molecule has 0 spiro atoms. The number of nitrogens with zero attached hydrogens (tertiary/aromatic N) is 2. The van der Waals surface area contributed by atoms with Crippen LogP contribution in [0, 0.1) is 17.8 Å². The summed E-state index contributed by atoms with van der Waals surface area (Å²) >= 11 is 0. The maximum atomic E-state index is 5.82. The second-order valence-corrected chi connectivity index (χ2v) is 12.0. The van der Waals surface area contributed by atoms with E-state index in [0.29, 0.717) is 5.92 Å². The van der Waals surface area contributed by atoms with Crippen LogP contribution >= 0.6 is 0 Å². The Morgan fingerprint density at radius 2 is 1.72 bits per heavy atom. The zero-order valence-corrected chi connectivity index (χ0v) is 21.4. The molecule has 2 unspecified atom stereocenters. The molecule has 176 valence electrons. The normalized spacial score (nSPS) is 28.5. The third-order valence-corrected chi connectivity index (χ3v) is 8.76. The van der Waals surface area contributed by atoms with Gasteiger partial charge in [-0.15, -0.1) is 0 Å². The smallest absolute Gasteiger partial charge is 0.0658 e. The van der Waals surface area contributed by atoms with E-state index in [4.69, 9.17) is 10.7 Å². The van der Waals surface area contributed by atoms with E-state index in [9.17, 15) is 0 Å². The number of hydrogen-bond donors (Lipinski definition) is 1. The largest absolute Gasteiger partial charge is 0.330 e. The van der Waals surface area contributed by atoms with Crippen LogP contribution in [0.25, 0.3) is 5.70 Å². The van der Waals surface area contributed by atoms with Crippen molar-refractivity contribution >= 4 is 11.4 Å². The van der Waals surface area contributed by atoms with Gasteiger partial charge >= 0.3 is 0 Å². The Hall–Kier alpha value is -1.45. The van der Waals surface area contributed by atoms with E-state index >= 15 is 0 Å². The van der Waals surface area contributed by atoms with Gasteiger partial charge in [0.1, 0.15) is 0 Å². The molecule has 2 aliphatic carbocycles. The van der Waals surface area contributed by atoms with Crippen LogP contribution in [-0.2, 0) is 10.8 Å². The summed E-state index contributed by atoms with van der Waals surface area (Å²) in [5, 5.41) is 0. The van der Waals surface area contributed by atoms with Gasteiger partial charge in [-0.05, 0) is 111 Å². The van der Waals surface area contributed by atoms with Crippen molar-refractivity contribution in [2.24, 2.45) is 28.5 Å². The molecule has 2 N–H and O–H groups in total. The lowest BCUT2D eigenvalue weighted by Gasteiger charge is -2.42. The maximum Gasteiger partial charge on any atom is 0.0658 e. The first-order valence-corrected chi connectivity index (χ1v) is 12.9. The van der Waals surface area contributed by atoms with E-state index in [1.165, 1.54) is 74.1 Å². The van der Waals surface area contributed by atoms with Gasteiger partial charge in [-0.2, -0.15) is 0 Å². The lowest BCUT2D eigenvalue weighted by atomic mass is 9.63. The molecule has 3 heteroatoms. The first-order chi connectivity index (χ1) is 15.1. The minimum Gasteiger partial charge on any atom is -0.330 e. The molecule has 2 atom stereocenters. The van der Waals surface area contributed by atoms with Crippen molar-refractivity contribution in [3.05, 3.63) is 41.0 Å². The standard InChI is InChI=1S/C29H45N3/c1-7-27(22-8-9-25-26(17-22)29(5,6)13-12-28(25,3)4)31-20(2)21-10-14-32(15-11-21)19-24-16-23(24)18-30/h7-9,17,21,23-24H,10-16,18-19,30H2,1-6H3/b27-7-,31-20?. The molecule has 1 heterocycles. The summed E-state index contributed by atoms with van der Waals surface area (Å²) in [5.74, 6) is 2.26. The van der Waals surface area contributed by atoms with Crippen molar-refractivity contribution in [1.82, 2.24) is 4.90 Å². The Morgan fingerprint density at radius 3 is 2.31 bits per heavy atom. The molecule has 1 aliphatic heterocycles. The number of fused-ring (bicyclic) bond motifs is 1. The first kappa shape index (κ1) is 23.7. The van der Waals surface area contributed by atoms with E-state index < -0.39 is 0 Å². The van der Waals surface area contributed by atoms with E-state index in [-0.39, 0.29) is 10.8 Å². The maximum absolute atomic E-state index is 5.82. The molecule has 0 radical (unpaired) electrons. The Labute approximate surface area is 196 Å². The van der Waals surface area contributed by atoms with Gasteiger partial charge in [0.2, 0.25) is 0 Å². The van der Waals surface area contributed by atoms with Crippen molar-refractivity contribution in [2.45, 2.75) is 84.5 Å². The Bertz CT molecular complexity index is 884. The molecule has 0 bridgehead atoms. The molecule has 1 saturated heterocycles. The molecule has 0 aromatic heterocycles. The molecule has 4 rings (SSSR count). The van der Waals surface area contributed by atoms with Crippen LogP contribution in [-0.4, -0.2) is 36.8 Å².